The number of carboxylic acid groups (broad SMARTS) is 1. The van der Waals surface area contributed by atoms with Crippen molar-refractivity contribution in [1.29, 1.82) is 0 Å². The number of aryl methyl sites for hydroxylation is 1. The fourth-order valence-electron chi connectivity index (χ4n) is 1.55. The summed E-state index contributed by atoms with van der Waals surface area (Å²) in [6.07, 6.45) is 0. The van der Waals surface area contributed by atoms with E-state index in [1.807, 2.05) is 0 Å². The molecule has 2 aromatic rings. The van der Waals surface area contributed by atoms with Gasteiger partial charge in [-0.3, -0.25) is 0 Å². The van der Waals surface area contributed by atoms with Crippen LogP contribution < -0.4 is 4.74 Å². The van der Waals surface area contributed by atoms with Gasteiger partial charge in [0.2, 0.25) is 0 Å². The molecule has 0 radical (unpaired) electrons. The van der Waals surface area contributed by atoms with Crippen LogP contribution >= 0.6 is 23.2 Å². The molecule has 0 spiro atoms. The van der Waals surface area contributed by atoms with Crippen molar-refractivity contribution in [1.82, 2.24) is 0 Å². The summed E-state index contributed by atoms with van der Waals surface area (Å²) in [5.74, 6) is 0.281. The standard InChI is InChI=1S/C13H10Cl2O4/c1-7-10(13(16)17)4-9(19-7)6-18-8-2-3-11(14)12(15)5-8/h2-5H,6H2,1H3,(H,16,17). The third-order valence-electron chi connectivity index (χ3n) is 2.47. The predicted molar refractivity (Wildman–Crippen MR) is 71.2 cm³/mol. The molecule has 1 aromatic carbocycles. The molecule has 19 heavy (non-hydrogen) atoms. The quantitative estimate of drug-likeness (QED) is 0.920. The molecule has 100 valence electrons. The van der Waals surface area contributed by atoms with Crippen molar-refractivity contribution in [2.24, 2.45) is 0 Å². The van der Waals surface area contributed by atoms with Gasteiger partial charge in [0.25, 0.3) is 0 Å². The van der Waals surface area contributed by atoms with E-state index in [0.717, 1.165) is 0 Å². The van der Waals surface area contributed by atoms with Crippen molar-refractivity contribution in [3.8, 4) is 5.75 Å². The molecule has 0 amide bonds. The average Bonchev–Trinajstić information content (AvgIpc) is 2.72. The minimum absolute atomic E-state index is 0.117. The number of furan rings is 1. The largest absolute Gasteiger partial charge is 0.486 e. The van der Waals surface area contributed by atoms with Crippen LogP contribution in [0, 0.1) is 6.92 Å². The zero-order chi connectivity index (χ0) is 14.0. The SMILES string of the molecule is Cc1oc(COc2ccc(Cl)c(Cl)c2)cc1C(=O)O. The van der Waals surface area contributed by atoms with Crippen LogP contribution in [0.3, 0.4) is 0 Å². The van der Waals surface area contributed by atoms with Crippen molar-refractivity contribution >= 4 is 29.2 Å². The van der Waals surface area contributed by atoms with Gasteiger partial charge in [0.05, 0.1) is 10.0 Å². The topological polar surface area (TPSA) is 59.7 Å². The molecule has 0 unspecified atom stereocenters. The molecular formula is C13H10Cl2O4. The summed E-state index contributed by atoms with van der Waals surface area (Å²) in [5, 5.41) is 9.73. The van der Waals surface area contributed by atoms with E-state index < -0.39 is 5.97 Å². The molecule has 1 aromatic heterocycles. The van der Waals surface area contributed by atoms with E-state index in [0.29, 0.717) is 27.3 Å². The lowest BCUT2D eigenvalue weighted by atomic mass is 10.2. The Morgan fingerprint density at radius 1 is 1.32 bits per heavy atom. The van der Waals surface area contributed by atoms with Crippen molar-refractivity contribution < 1.29 is 19.1 Å². The Hall–Kier alpha value is -1.65. The number of ether oxygens (including phenoxy) is 1. The smallest absolute Gasteiger partial charge is 0.339 e. The summed E-state index contributed by atoms with van der Waals surface area (Å²) in [6, 6.07) is 6.31. The minimum atomic E-state index is -1.03. The van der Waals surface area contributed by atoms with Crippen LogP contribution in [-0.2, 0) is 6.61 Å². The second-order valence-electron chi connectivity index (χ2n) is 3.85. The van der Waals surface area contributed by atoms with E-state index >= 15 is 0 Å². The molecule has 0 aliphatic carbocycles. The molecular weight excluding hydrogens is 291 g/mol. The number of hydrogen-bond acceptors (Lipinski definition) is 3. The highest BCUT2D eigenvalue weighted by molar-refractivity contribution is 6.42. The Kier molecular flexibility index (Phi) is 4.02. The van der Waals surface area contributed by atoms with Gasteiger partial charge < -0.3 is 14.3 Å². The zero-order valence-electron chi connectivity index (χ0n) is 9.94. The Morgan fingerprint density at radius 3 is 2.63 bits per heavy atom. The Labute approximate surface area is 119 Å². The van der Waals surface area contributed by atoms with E-state index in [2.05, 4.69) is 0 Å². The molecule has 0 fully saturated rings. The lowest BCUT2D eigenvalue weighted by Crippen LogP contribution is -1.96. The van der Waals surface area contributed by atoms with E-state index in [1.165, 1.54) is 6.07 Å². The van der Waals surface area contributed by atoms with Crippen molar-refractivity contribution in [2.45, 2.75) is 13.5 Å². The van der Waals surface area contributed by atoms with Gasteiger partial charge >= 0.3 is 5.97 Å². The van der Waals surface area contributed by atoms with Crippen LogP contribution in [0.25, 0.3) is 0 Å². The Balaban J connectivity index is 2.08. The number of carbonyl (C=O) groups is 1. The first kappa shape index (κ1) is 13.8. The first-order valence-corrected chi connectivity index (χ1v) is 6.13. The zero-order valence-corrected chi connectivity index (χ0v) is 11.5. The van der Waals surface area contributed by atoms with Crippen LogP contribution in [0.2, 0.25) is 10.0 Å². The van der Waals surface area contributed by atoms with E-state index in [1.54, 1.807) is 25.1 Å². The fraction of sp³-hybridized carbons (Fsp3) is 0.154. The van der Waals surface area contributed by atoms with Crippen LogP contribution in [0.1, 0.15) is 21.9 Å². The number of benzene rings is 1. The number of carboxylic acids is 1. The molecule has 0 aliphatic heterocycles. The van der Waals surface area contributed by atoms with Gasteiger partial charge in [0, 0.05) is 6.07 Å². The fourth-order valence-corrected chi connectivity index (χ4v) is 1.84. The predicted octanol–water partition coefficient (Wildman–Crippen LogP) is 4.17. The highest BCUT2D eigenvalue weighted by Crippen LogP contribution is 2.27. The number of halogens is 2. The van der Waals surface area contributed by atoms with Crippen molar-refractivity contribution in [3.63, 3.8) is 0 Å². The maximum absolute atomic E-state index is 10.9. The normalized spacial score (nSPS) is 10.5. The summed E-state index contributed by atoms with van der Waals surface area (Å²) < 4.78 is 10.7. The van der Waals surface area contributed by atoms with E-state index in [4.69, 9.17) is 37.5 Å². The van der Waals surface area contributed by atoms with E-state index in [9.17, 15) is 4.79 Å². The molecule has 0 aliphatic rings. The molecule has 0 saturated carbocycles. The first-order chi connectivity index (χ1) is 8.97. The number of aromatic carboxylic acids is 1. The monoisotopic (exact) mass is 300 g/mol. The van der Waals surface area contributed by atoms with Gasteiger partial charge in [-0.1, -0.05) is 23.2 Å². The molecule has 1 N–H and O–H groups in total. The highest BCUT2D eigenvalue weighted by atomic mass is 35.5. The van der Waals surface area contributed by atoms with Gasteiger partial charge in [0.15, 0.2) is 0 Å². The maximum Gasteiger partial charge on any atom is 0.339 e. The second-order valence-corrected chi connectivity index (χ2v) is 4.67. The lowest BCUT2D eigenvalue weighted by molar-refractivity contribution is 0.0695. The van der Waals surface area contributed by atoms with Crippen LogP contribution in [0.5, 0.6) is 5.75 Å². The van der Waals surface area contributed by atoms with Crippen molar-refractivity contribution in [2.75, 3.05) is 0 Å². The summed E-state index contributed by atoms with van der Waals surface area (Å²) >= 11 is 11.6. The molecule has 0 bridgehead atoms. The lowest BCUT2D eigenvalue weighted by Gasteiger charge is -2.05. The van der Waals surface area contributed by atoms with Crippen LogP contribution in [-0.4, -0.2) is 11.1 Å². The molecule has 6 heteroatoms. The summed E-state index contributed by atoms with van der Waals surface area (Å²) in [5.41, 5.74) is 0.132. The summed E-state index contributed by atoms with van der Waals surface area (Å²) in [6.45, 7) is 1.71. The summed E-state index contributed by atoms with van der Waals surface area (Å²) in [4.78, 5) is 10.9. The first-order valence-electron chi connectivity index (χ1n) is 5.38. The number of rotatable bonds is 4. The van der Waals surface area contributed by atoms with Gasteiger partial charge in [0.1, 0.15) is 29.4 Å². The van der Waals surface area contributed by atoms with Crippen LogP contribution in [0.4, 0.5) is 0 Å². The molecule has 4 nitrogen and oxygen atoms in total. The maximum atomic E-state index is 10.9. The Morgan fingerprint density at radius 2 is 2.05 bits per heavy atom. The third-order valence-corrected chi connectivity index (χ3v) is 3.21. The van der Waals surface area contributed by atoms with Gasteiger partial charge in [-0.15, -0.1) is 0 Å². The molecule has 1 heterocycles. The second kappa shape index (κ2) is 5.55. The minimum Gasteiger partial charge on any atom is -0.486 e. The van der Waals surface area contributed by atoms with Crippen LogP contribution in [0.15, 0.2) is 28.7 Å². The molecule has 0 atom stereocenters. The third kappa shape index (κ3) is 3.22. The Bertz CT molecular complexity index is 619. The number of hydrogen-bond donors (Lipinski definition) is 1. The van der Waals surface area contributed by atoms with Gasteiger partial charge in [-0.2, -0.15) is 0 Å². The average molecular weight is 301 g/mol. The summed E-state index contributed by atoms with van der Waals surface area (Å²) in [7, 11) is 0. The van der Waals surface area contributed by atoms with Crippen molar-refractivity contribution in [3.05, 3.63) is 51.4 Å². The highest BCUT2D eigenvalue weighted by Gasteiger charge is 2.14. The molecule has 0 saturated heterocycles. The van der Waals surface area contributed by atoms with Gasteiger partial charge in [-0.05, 0) is 25.1 Å². The molecule has 2 rings (SSSR count). The van der Waals surface area contributed by atoms with Gasteiger partial charge in [-0.25, -0.2) is 4.79 Å². The van der Waals surface area contributed by atoms with E-state index in [-0.39, 0.29) is 12.2 Å².